The molecule has 1 fully saturated rings. The molecule has 1 aliphatic rings. The minimum atomic E-state index is 0.277. The maximum atomic E-state index is 5.89. The summed E-state index contributed by atoms with van der Waals surface area (Å²) < 4.78 is 11.7. The molecule has 3 aromatic rings. The van der Waals surface area contributed by atoms with Crippen LogP contribution in [0.5, 0.6) is 0 Å². The molecule has 26 heavy (non-hydrogen) atoms. The van der Waals surface area contributed by atoms with E-state index in [1.54, 1.807) is 12.1 Å². The molecule has 1 aromatic carbocycles. The Morgan fingerprint density at radius 3 is 2.96 bits per heavy atom. The van der Waals surface area contributed by atoms with Gasteiger partial charge in [0.1, 0.15) is 0 Å². The summed E-state index contributed by atoms with van der Waals surface area (Å²) in [5.74, 6) is 1.64. The van der Waals surface area contributed by atoms with Crippen molar-refractivity contribution in [1.29, 1.82) is 0 Å². The van der Waals surface area contributed by atoms with E-state index in [0.29, 0.717) is 22.5 Å². The molecule has 136 valence electrons. The van der Waals surface area contributed by atoms with E-state index in [4.69, 9.17) is 20.9 Å². The molecule has 0 bridgehead atoms. The highest BCUT2D eigenvalue weighted by Gasteiger charge is 2.16. The van der Waals surface area contributed by atoms with E-state index in [1.165, 1.54) is 23.1 Å². The predicted octanol–water partition coefficient (Wildman–Crippen LogP) is 4.12. The molecule has 3 heterocycles. The maximum Gasteiger partial charge on any atom is 0.237 e. The first kappa shape index (κ1) is 17.7. The smallest absolute Gasteiger partial charge is 0.237 e. The van der Waals surface area contributed by atoms with Crippen LogP contribution in [0.3, 0.4) is 0 Å². The Labute approximate surface area is 163 Å². The summed E-state index contributed by atoms with van der Waals surface area (Å²) in [6, 6.07) is 7.32. The largest absolute Gasteiger partial charge is 0.376 e. The third kappa shape index (κ3) is 4.53. The van der Waals surface area contributed by atoms with E-state index < -0.39 is 0 Å². The van der Waals surface area contributed by atoms with Gasteiger partial charge in [-0.1, -0.05) is 39.9 Å². The van der Waals surface area contributed by atoms with Gasteiger partial charge in [-0.3, -0.25) is 0 Å². The quantitative estimate of drug-likeness (QED) is 0.583. The van der Waals surface area contributed by atoms with Crippen LogP contribution < -0.4 is 5.32 Å². The van der Waals surface area contributed by atoms with Gasteiger partial charge in [-0.2, -0.15) is 4.98 Å². The monoisotopic (exact) mass is 409 g/mol. The molecule has 1 saturated heterocycles. The van der Waals surface area contributed by atoms with Crippen molar-refractivity contribution in [3.05, 3.63) is 35.2 Å². The molecule has 0 aliphatic carbocycles. The number of hydrogen-bond acceptors (Lipinski definition) is 9. The highest BCUT2D eigenvalue weighted by Crippen LogP contribution is 2.29. The van der Waals surface area contributed by atoms with Crippen molar-refractivity contribution in [2.75, 3.05) is 18.5 Å². The molecular formula is C16H16ClN5O2S2. The van der Waals surface area contributed by atoms with E-state index in [0.717, 1.165) is 41.0 Å². The molecule has 7 nitrogen and oxygen atoms in total. The van der Waals surface area contributed by atoms with Gasteiger partial charge in [-0.25, -0.2) is 0 Å². The molecule has 1 aliphatic heterocycles. The molecule has 0 radical (unpaired) electrons. The predicted molar refractivity (Wildman–Crippen MR) is 102 cm³/mol. The van der Waals surface area contributed by atoms with Crippen molar-refractivity contribution in [2.24, 2.45) is 0 Å². The number of halogens is 1. The molecule has 10 heteroatoms. The van der Waals surface area contributed by atoms with E-state index in [2.05, 4.69) is 25.7 Å². The Hall–Kier alpha value is -1.68. The Bertz CT molecular complexity index is 848. The molecule has 0 saturated carbocycles. The first-order valence-corrected chi connectivity index (χ1v) is 10.3. The fourth-order valence-corrected chi connectivity index (χ4v) is 4.22. The van der Waals surface area contributed by atoms with E-state index in [1.807, 2.05) is 12.1 Å². The second-order valence-corrected chi connectivity index (χ2v) is 8.33. The number of benzene rings is 1. The Morgan fingerprint density at radius 2 is 2.15 bits per heavy atom. The number of nitrogens with one attached hydrogen (secondary N) is 1. The fraction of sp³-hybridized carbons (Fsp3) is 0.375. The lowest BCUT2D eigenvalue weighted by Gasteiger charge is -2.08. The van der Waals surface area contributed by atoms with Gasteiger partial charge in [0.15, 0.2) is 4.34 Å². The number of anilines is 1. The van der Waals surface area contributed by atoms with Gasteiger partial charge in [0.2, 0.25) is 16.8 Å². The minimum Gasteiger partial charge on any atom is -0.376 e. The van der Waals surface area contributed by atoms with Gasteiger partial charge >= 0.3 is 0 Å². The van der Waals surface area contributed by atoms with Crippen LogP contribution in [0.15, 0.2) is 33.1 Å². The average Bonchev–Trinajstić information content (AvgIpc) is 3.40. The van der Waals surface area contributed by atoms with Gasteiger partial charge in [-0.15, -0.1) is 10.2 Å². The summed E-state index contributed by atoms with van der Waals surface area (Å²) >= 11 is 8.92. The number of aromatic nitrogens is 4. The zero-order chi connectivity index (χ0) is 17.8. The maximum absolute atomic E-state index is 5.89. The summed E-state index contributed by atoms with van der Waals surface area (Å²) in [6.45, 7) is 1.62. The first-order valence-electron chi connectivity index (χ1n) is 8.16. The van der Waals surface area contributed by atoms with Crippen molar-refractivity contribution in [3.63, 3.8) is 0 Å². The lowest BCUT2D eigenvalue weighted by atomic mass is 10.2. The molecule has 1 atom stereocenters. The summed E-state index contributed by atoms with van der Waals surface area (Å²) in [4.78, 5) is 4.40. The second kappa shape index (κ2) is 8.34. The van der Waals surface area contributed by atoms with Crippen LogP contribution in [0.4, 0.5) is 5.13 Å². The number of nitrogens with zero attached hydrogens (tertiary/aromatic N) is 4. The van der Waals surface area contributed by atoms with Crippen molar-refractivity contribution >= 4 is 39.8 Å². The molecule has 0 unspecified atom stereocenters. The van der Waals surface area contributed by atoms with E-state index >= 15 is 0 Å². The number of rotatable bonds is 7. The molecule has 0 spiro atoms. The van der Waals surface area contributed by atoms with Crippen LogP contribution in [0, 0.1) is 0 Å². The van der Waals surface area contributed by atoms with Crippen molar-refractivity contribution in [3.8, 4) is 11.4 Å². The van der Waals surface area contributed by atoms with Gasteiger partial charge < -0.3 is 14.6 Å². The van der Waals surface area contributed by atoms with Crippen LogP contribution in [-0.4, -0.2) is 39.6 Å². The topological polar surface area (TPSA) is 86.0 Å². The molecule has 2 aromatic heterocycles. The fourth-order valence-electron chi connectivity index (χ4n) is 2.50. The third-order valence-electron chi connectivity index (χ3n) is 3.80. The lowest BCUT2D eigenvalue weighted by Crippen LogP contribution is -2.18. The average molecular weight is 410 g/mol. The SMILES string of the molecule is Clc1ccc(-c2noc(CSc3nnc(NC[C@H]4CCCO4)s3)n2)cc1. The van der Waals surface area contributed by atoms with Crippen LogP contribution >= 0.6 is 34.7 Å². The highest BCUT2D eigenvalue weighted by molar-refractivity contribution is 8.00. The van der Waals surface area contributed by atoms with Crippen molar-refractivity contribution in [1.82, 2.24) is 20.3 Å². The van der Waals surface area contributed by atoms with E-state index in [-0.39, 0.29) is 6.10 Å². The van der Waals surface area contributed by atoms with E-state index in [9.17, 15) is 0 Å². The highest BCUT2D eigenvalue weighted by atomic mass is 35.5. The van der Waals surface area contributed by atoms with Gasteiger partial charge in [-0.05, 0) is 37.1 Å². The number of thioether (sulfide) groups is 1. The first-order chi connectivity index (χ1) is 12.8. The zero-order valence-electron chi connectivity index (χ0n) is 13.7. The van der Waals surface area contributed by atoms with Crippen molar-refractivity contribution < 1.29 is 9.26 Å². The number of hydrogen-bond donors (Lipinski definition) is 1. The summed E-state index contributed by atoms with van der Waals surface area (Å²) in [5.41, 5.74) is 0.867. The van der Waals surface area contributed by atoms with Crippen LogP contribution in [0.25, 0.3) is 11.4 Å². The minimum absolute atomic E-state index is 0.277. The summed E-state index contributed by atoms with van der Waals surface area (Å²) in [7, 11) is 0. The summed E-state index contributed by atoms with van der Waals surface area (Å²) in [5, 5.41) is 17.1. The molecule has 4 rings (SSSR count). The van der Waals surface area contributed by atoms with Gasteiger partial charge in [0.05, 0.1) is 11.9 Å². The van der Waals surface area contributed by atoms with Gasteiger partial charge in [0, 0.05) is 23.7 Å². The number of ether oxygens (including phenoxy) is 1. The summed E-state index contributed by atoms with van der Waals surface area (Å²) in [6.07, 6.45) is 2.51. The zero-order valence-corrected chi connectivity index (χ0v) is 16.1. The van der Waals surface area contributed by atoms with Crippen LogP contribution in [0.1, 0.15) is 18.7 Å². The van der Waals surface area contributed by atoms with Crippen molar-refractivity contribution in [2.45, 2.75) is 29.0 Å². The van der Waals surface area contributed by atoms with Crippen LogP contribution in [-0.2, 0) is 10.5 Å². The second-order valence-electron chi connectivity index (χ2n) is 5.70. The van der Waals surface area contributed by atoms with Crippen LogP contribution in [0.2, 0.25) is 5.02 Å². The normalized spacial score (nSPS) is 16.9. The standard InChI is InChI=1S/C16H16ClN5O2S2/c17-11-5-3-10(4-6-11)14-19-13(24-22-14)9-25-16-21-20-15(26-16)18-8-12-2-1-7-23-12/h3-6,12H,1-2,7-9H2,(H,18,20)/t12-/m1/s1. The third-order valence-corrected chi connectivity index (χ3v) is 6.05. The molecular weight excluding hydrogens is 394 g/mol. The Kier molecular flexibility index (Phi) is 5.68. The Morgan fingerprint density at radius 1 is 1.27 bits per heavy atom. The Balaban J connectivity index is 1.29. The lowest BCUT2D eigenvalue weighted by molar-refractivity contribution is 0.120. The molecule has 0 amide bonds. The molecule has 1 N–H and O–H groups in total. The van der Waals surface area contributed by atoms with Gasteiger partial charge in [0.25, 0.3) is 0 Å².